The summed E-state index contributed by atoms with van der Waals surface area (Å²) < 4.78 is 24.6. The second-order valence-corrected chi connectivity index (χ2v) is 9.26. The smallest absolute Gasteiger partial charge is 0.191 e. The Kier molecular flexibility index (Phi) is 6.05. The van der Waals surface area contributed by atoms with E-state index in [-0.39, 0.29) is 5.82 Å². The molecule has 2 aromatic rings. The van der Waals surface area contributed by atoms with E-state index in [0.717, 1.165) is 43.8 Å². The normalized spacial score (nSPS) is 26.7. The maximum Gasteiger partial charge on any atom is 0.191 e. The number of hydrogen-bond acceptors (Lipinski definition) is 6. The number of fused-ring (bicyclic) bond motifs is 1. The number of ether oxygens (including phenoxy) is 2. The molecule has 0 amide bonds. The van der Waals surface area contributed by atoms with Crippen LogP contribution in [-0.2, 0) is 4.74 Å². The molecule has 6 nitrogen and oxygen atoms in total. The summed E-state index contributed by atoms with van der Waals surface area (Å²) in [5.74, 6) is 3.34. The minimum absolute atomic E-state index is 0.288. The van der Waals surface area contributed by atoms with E-state index < -0.39 is 0 Å². The van der Waals surface area contributed by atoms with Crippen LogP contribution in [0.3, 0.4) is 0 Å². The van der Waals surface area contributed by atoms with E-state index in [1.54, 1.807) is 13.2 Å². The van der Waals surface area contributed by atoms with E-state index in [1.807, 2.05) is 12.1 Å². The van der Waals surface area contributed by atoms with Crippen molar-refractivity contribution in [2.24, 2.45) is 17.8 Å². The molecule has 1 aromatic heterocycles. The minimum Gasteiger partial charge on any atom is -0.493 e. The Morgan fingerprint density at radius 3 is 2.61 bits per heavy atom. The Labute approximate surface area is 183 Å². The van der Waals surface area contributed by atoms with Gasteiger partial charge in [0, 0.05) is 50.5 Å². The molecular formula is C24H31FN4O2. The van der Waals surface area contributed by atoms with Gasteiger partial charge < -0.3 is 19.7 Å². The molecule has 31 heavy (non-hydrogen) atoms. The van der Waals surface area contributed by atoms with Crippen LogP contribution >= 0.6 is 0 Å². The number of halogens is 1. The summed E-state index contributed by atoms with van der Waals surface area (Å²) in [5.41, 5.74) is 1.30. The van der Waals surface area contributed by atoms with Gasteiger partial charge in [-0.15, -0.1) is 10.2 Å². The van der Waals surface area contributed by atoms with Crippen LogP contribution in [0.1, 0.15) is 25.7 Å². The summed E-state index contributed by atoms with van der Waals surface area (Å²) >= 11 is 0. The molecule has 3 fully saturated rings. The third-order valence-electron chi connectivity index (χ3n) is 7.12. The van der Waals surface area contributed by atoms with E-state index in [2.05, 4.69) is 20.4 Å². The first-order valence-corrected chi connectivity index (χ1v) is 11.4. The first-order chi connectivity index (χ1) is 15.2. The van der Waals surface area contributed by atoms with Gasteiger partial charge in [0.25, 0.3) is 0 Å². The average Bonchev–Trinajstić information content (AvgIpc) is 3.32. The molecule has 5 rings (SSSR count). The van der Waals surface area contributed by atoms with Crippen LogP contribution in [-0.4, -0.2) is 61.1 Å². The molecule has 1 aromatic carbocycles. The molecule has 166 valence electrons. The summed E-state index contributed by atoms with van der Waals surface area (Å²) in [6.45, 7) is 5.51. The van der Waals surface area contributed by atoms with Crippen LogP contribution < -0.4 is 10.1 Å². The van der Waals surface area contributed by atoms with Gasteiger partial charge in [-0.05, 0) is 55.6 Å². The van der Waals surface area contributed by atoms with Gasteiger partial charge in [0.05, 0.1) is 12.8 Å². The fraction of sp³-hybridized carbons (Fsp3) is 0.583. The zero-order valence-electron chi connectivity index (χ0n) is 18.1. The number of hydrogen-bond donors (Lipinski definition) is 1. The van der Waals surface area contributed by atoms with Crippen molar-refractivity contribution in [1.29, 1.82) is 0 Å². The maximum atomic E-state index is 13.6. The quantitative estimate of drug-likeness (QED) is 0.757. The Hall–Kier alpha value is -2.25. The highest BCUT2D eigenvalue weighted by atomic mass is 19.1. The van der Waals surface area contributed by atoms with E-state index in [0.29, 0.717) is 28.9 Å². The van der Waals surface area contributed by atoms with Crippen LogP contribution in [0.15, 0.2) is 30.3 Å². The largest absolute Gasteiger partial charge is 0.493 e. The van der Waals surface area contributed by atoms with Crippen LogP contribution in [0.2, 0.25) is 0 Å². The zero-order valence-corrected chi connectivity index (χ0v) is 18.1. The molecule has 3 atom stereocenters. The number of methoxy groups -OCH3 is 1. The highest BCUT2D eigenvalue weighted by Gasteiger charge is 2.41. The number of nitrogens with zero attached hydrogens (tertiary/aromatic N) is 3. The van der Waals surface area contributed by atoms with Gasteiger partial charge in [-0.25, -0.2) is 4.39 Å². The Morgan fingerprint density at radius 1 is 1.13 bits per heavy atom. The van der Waals surface area contributed by atoms with Crippen molar-refractivity contribution in [2.75, 3.05) is 45.3 Å². The van der Waals surface area contributed by atoms with Crippen molar-refractivity contribution in [3.8, 4) is 17.0 Å². The summed E-state index contributed by atoms with van der Waals surface area (Å²) in [5, 5.41) is 12.3. The summed E-state index contributed by atoms with van der Waals surface area (Å²) in [6.07, 6.45) is 4.73. The van der Waals surface area contributed by atoms with E-state index in [1.165, 1.54) is 44.6 Å². The second-order valence-electron chi connectivity index (χ2n) is 9.26. The van der Waals surface area contributed by atoms with E-state index >= 15 is 0 Å². The molecule has 0 radical (unpaired) electrons. The monoisotopic (exact) mass is 426 g/mol. The lowest BCUT2D eigenvalue weighted by Gasteiger charge is -2.27. The van der Waals surface area contributed by atoms with Gasteiger partial charge in [0.1, 0.15) is 5.82 Å². The highest BCUT2D eigenvalue weighted by Crippen LogP contribution is 2.40. The van der Waals surface area contributed by atoms with Crippen molar-refractivity contribution in [3.63, 3.8) is 0 Å². The fourth-order valence-corrected chi connectivity index (χ4v) is 5.57. The highest BCUT2D eigenvalue weighted by molar-refractivity contribution is 5.64. The van der Waals surface area contributed by atoms with Crippen LogP contribution in [0.5, 0.6) is 5.75 Å². The molecule has 3 aliphatic rings. The molecular weight excluding hydrogens is 395 g/mol. The topological polar surface area (TPSA) is 59.5 Å². The number of likely N-dealkylation sites (tertiary alicyclic amines) is 1. The average molecular weight is 427 g/mol. The number of aromatic nitrogens is 2. The predicted molar refractivity (Wildman–Crippen MR) is 118 cm³/mol. The van der Waals surface area contributed by atoms with Gasteiger partial charge >= 0.3 is 0 Å². The molecule has 1 aliphatic carbocycles. The number of nitrogens with one attached hydrogen (secondary N) is 1. The molecule has 1 saturated carbocycles. The molecule has 0 bridgehead atoms. The molecule has 7 heteroatoms. The van der Waals surface area contributed by atoms with Gasteiger partial charge in [-0.3, -0.25) is 0 Å². The first-order valence-electron chi connectivity index (χ1n) is 11.4. The fourth-order valence-electron chi connectivity index (χ4n) is 5.57. The lowest BCUT2D eigenvalue weighted by molar-refractivity contribution is 0.0545. The summed E-state index contributed by atoms with van der Waals surface area (Å²) in [4.78, 5) is 2.68. The number of rotatable bonds is 6. The Bertz CT molecular complexity index is 891. The van der Waals surface area contributed by atoms with Crippen molar-refractivity contribution in [2.45, 2.75) is 31.7 Å². The van der Waals surface area contributed by atoms with E-state index in [4.69, 9.17) is 9.47 Å². The summed E-state index contributed by atoms with van der Waals surface area (Å²) in [6, 6.07) is 8.60. The summed E-state index contributed by atoms with van der Waals surface area (Å²) in [7, 11) is 1.63. The molecule has 0 spiro atoms. The van der Waals surface area contributed by atoms with Crippen LogP contribution in [0, 0.1) is 23.6 Å². The van der Waals surface area contributed by atoms with Crippen LogP contribution in [0.4, 0.5) is 10.2 Å². The maximum absolute atomic E-state index is 13.6. The minimum atomic E-state index is -0.288. The third kappa shape index (κ3) is 4.67. The van der Waals surface area contributed by atoms with Crippen molar-refractivity contribution < 1.29 is 13.9 Å². The first kappa shape index (κ1) is 20.6. The van der Waals surface area contributed by atoms with Crippen molar-refractivity contribution in [3.05, 3.63) is 36.1 Å². The molecule has 1 N–H and O–H groups in total. The Balaban J connectivity index is 1.19. The SMILES string of the molecule is COc1cc(-c2cccc(F)c2)nnc1N[C@@H]1C[C@@H]2CN(CC3CCOCC3)C[C@@H]2C1. The lowest BCUT2D eigenvalue weighted by atomic mass is 10.00. The Morgan fingerprint density at radius 2 is 1.90 bits per heavy atom. The molecule has 2 aliphatic heterocycles. The van der Waals surface area contributed by atoms with Gasteiger partial charge in [0.15, 0.2) is 11.6 Å². The van der Waals surface area contributed by atoms with Crippen molar-refractivity contribution >= 4 is 5.82 Å². The van der Waals surface area contributed by atoms with Gasteiger partial charge in [-0.2, -0.15) is 0 Å². The van der Waals surface area contributed by atoms with Crippen LogP contribution in [0.25, 0.3) is 11.3 Å². The van der Waals surface area contributed by atoms with Crippen molar-refractivity contribution in [1.82, 2.24) is 15.1 Å². The zero-order chi connectivity index (χ0) is 21.2. The predicted octanol–water partition coefficient (Wildman–Crippen LogP) is 3.84. The van der Waals surface area contributed by atoms with E-state index in [9.17, 15) is 4.39 Å². The third-order valence-corrected chi connectivity index (χ3v) is 7.12. The van der Waals surface area contributed by atoms with Gasteiger partial charge in [0.2, 0.25) is 0 Å². The standard InChI is InChI=1S/C24H31FN4O2/c1-30-23-12-22(17-3-2-4-20(25)9-17)27-28-24(23)26-21-10-18-14-29(15-19(18)11-21)13-16-5-7-31-8-6-16/h2-4,9,12,16,18-19,21H,5-8,10-11,13-15H2,1H3,(H,26,28)/t18-,19+,21-. The number of benzene rings is 1. The lowest BCUT2D eigenvalue weighted by Crippen LogP contribution is -2.32. The second kappa shape index (κ2) is 9.09. The molecule has 2 saturated heterocycles. The molecule has 3 heterocycles. The van der Waals surface area contributed by atoms with Gasteiger partial charge in [-0.1, -0.05) is 12.1 Å². The molecule has 0 unspecified atom stereocenters. The number of anilines is 1.